The van der Waals surface area contributed by atoms with Crippen LogP contribution in [0.1, 0.15) is 5.56 Å². The third-order valence-corrected chi connectivity index (χ3v) is 2.28. The fourth-order valence-corrected chi connectivity index (χ4v) is 1.43. The summed E-state index contributed by atoms with van der Waals surface area (Å²) in [6.45, 7) is 1.90. The molecule has 0 bridgehead atoms. The van der Waals surface area contributed by atoms with E-state index in [1.54, 1.807) is 26.4 Å². The highest BCUT2D eigenvalue weighted by Crippen LogP contribution is 2.32. The molecule has 5 nitrogen and oxygen atoms in total. The van der Waals surface area contributed by atoms with Crippen molar-refractivity contribution in [2.75, 3.05) is 33.3 Å². The van der Waals surface area contributed by atoms with Crippen LogP contribution in [0.25, 0.3) is 0 Å². The molecule has 0 heterocycles. The third kappa shape index (κ3) is 3.35. The van der Waals surface area contributed by atoms with Gasteiger partial charge in [0.25, 0.3) is 0 Å². The van der Waals surface area contributed by atoms with Crippen molar-refractivity contribution >= 4 is 11.6 Å². The van der Waals surface area contributed by atoms with Crippen molar-refractivity contribution in [2.24, 2.45) is 0 Å². The minimum atomic E-state index is -0.206. The van der Waals surface area contributed by atoms with Crippen molar-refractivity contribution in [3.8, 4) is 11.5 Å². The van der Waals surface area contributed by atoms with Crippen molar-refractivity contribution in [2.45, 2.75) is 6.92 Å². The first-order valence-electron chi connectivity index (χ1n) is 5.13. The Bertz CT molecular complexity index is 404. The Kier molecular flexibility index (Phi) is 4.78. The minimum Gasteiger partial charge on any atom is -0.493 e. The van der Waals surface area contributed by atoms with Gasteiger partial charge in [-0.15, -0.1) is 0 Å². The monoisotopic (exact) mass is 239 g/mol. The molecule has 0 aliphatic heterocycles. The van der Waals surface area contributed by atoms with Crippen LogP contribution in [0.4, 0.5) is 5.69 Å². The van der Waals surface area contributed by atoms with Crippen LogP contribution in [0.3, 0.4) is 0 Å². The molecule has 17 heavy (non-hydrogen) atoms. The average Bonchev–Trinajstić information content (AvgIpc) is 2.31. The van der Waals surface area contributed by atoms with Gasteiger partial charge in [0.2, 0.25) is 5.91 Å². The molecule has 1 aromatic carbocycles. The summed E-state index contributed by atoms with van der Waals surface area (Å²) in [5.74, 6) is 1.00. The molecular weight excluding hydrogens is 222 g/mol. The number of anilines is 1. The molecular formula is C12H17NO4. The quantitative estimate of drug-likeness (QED) is 0.847. The zero-order valence-corrected chi connectivity index (χ0v) is 10.5. The molecule has 0 aliphatic carbocycles. The van der Waals surface area contributed by atoms with Crippen LogP contribution in [0, 0.1) is 6.92 Å². The van der Waals surface area contributed by atoms with Gasteiger partial charge in [-0.05, 0) is 18.6 Å². The van der Waals surface area contributed by atoms with E-state index < -0.39 is 0 Å². The summed E-state index contributed by atoms with van der Waals surface area (Å²) in [4.78, 5) is 11.4. The second-order valence-electron chi connectivity index (χ2n) is 3.50. The van der Waals surface area contributed by atoms with Gasteiger partial charge >= 0.3 is 0 Å². The molecule has 1 aromatic rings. The van der Waals surface area contributed by atoms with Gasteiger partial charge in [0, 0.05) is 18.9 Å². The number of hydrogen-bond acceptors (Lipinski definition) is 4. The lowest BCUT2D eigenvalue weighted by atomic mass is 10.1. The van der Waals surface area contributed by atoms with Gasteiger partial charge in [-0.1, -0.05) is 0 Å². The smallest absolute Gasteiger partial charge is 0.250 e. The van der Waals surface area contributed by atoms with E-state index in [0.717, 1.165) is 5.56 Å². The van der Waals surface area contributed by atoms with Gasteiger partial charge in [0.05, 0.1) is 14.2 Å². The minimum absolute atomic E-state index is 0.0216. The summed E-state index contributed by atoms with van der Waals surface area (Å²) in [6.07, 6.45) is 0. The number of carbonyl (C=O) groups is 1. The molecule has 0 saturated carbocycles. The standard InChI is InChI=1S/C12H17NO4/c1-8-5-10(16-3)11(17-4)6-9(8)13-12(14)7-15-2/h5-6H,7H2,1-4H3,(H,13,14). The Hall–Kier alpha value is -1.75. The molecule has 0 atom stereocenters. The van der Waals surface area contributed by atoms with Gasteiger partial charge in [-0.2, -0.15) is 0 Å². The molecule has 1 N–H and O–H groups in total. The second-order valence-corrected chi connectivity index (χ2v) is 3.50. The number of rotatable bonds is 5. The number of benzene rings is 1. The first-order chi connectivity index (χ1) is 8.12. The maximum Gasteiger partial charge on any atom is 0.250 e. The predicted molar refractivity (Wildman–Crippen MR) is 64.8 cm³/mol. The van der Waals surface area contributed by atoms with E-state index in [1.807, 2.05) is 6.92 Å². The largest absolute Gasteiger partial charge is 0.493 e. The van der Waals surface area contributed by atoms with E-state index in [-0.39, 0.29) is 12.5 Å². The molecule has 94 valence electrons. The van der Waals surface area contributed by atoms with Crippen molar-refractivity contribution in [1.29, 1.82) is 0 Å². The first kappa shape index (κ1) is 13.3. The van der Waals surface area contributed by atoms with Gasteiger partial charge < -0.3 is 19.5 Å². The van der Waals surface area contributed by atoms with Crippen molar-refractivity contribution in [3.63, 3.8) is 0 Å². The summed E-state index contributed by atoms with van der Waals surface area (Å²) >= 11 is 0. The molecule has 0 unspecified atom stereocenters. The van der Waals surface area contributed by atoms with Crippen LogP contribution in [0.5, 0.6) is 11.5 Å². The Labute approximate surface area is 101 Å². The van der Waals surface area contributed by atoms with Crippen LogP contribution in [-0.2, 0) is 9.53 Å². The number of aryl methyl sites for hydroxylation is 1. The summed E-state index contributed by atoms with van der Waals surface area (Å²) in [7, 11) is 4.59. The Morgan fingerprint density at radius 3 is 2.29 bits per heavy atom. The fourth-order valence-electron chi connectivity index (χ4n) is 1.43. The van der Waals surface area contributed by atoms with Crippen LogP contribution >= 0.6 is 0 Å². The molecule has 0 spiro atoms. The Balaban J connectivity index is 2.96. The van der Waals surface area contributed by atoms with E-state index in [1.165, 1.54) is 7.11 Å². The zero-order valence-electron chi connectivity index (χ0n) is 10.5. The van der Waals surface area contributed by atoms with Crippen molar-refractivity contribution in [1.82, 2.24) is 0 Å². The van der Waals surface area contributed by atoms with E-state index in [4.69, 9.17) is 14.2 Å². The highest BCUT2D eigenvalue weighted by Gasteiger charge is 2.10. The maximum absolute atomic E-state index is 11.4. The molecule has 0 fully saturated rings. The van der Waals surface area contributed by atoms with Crippen molar-refractivity contribution < 1.29 is 19.0 Å². The van der Waals surface area contributed by atoms with Gasteiger partial charge in [0.1, 0.15) is 6.61 Å². The van der Waals surface area contributed by atoms with Gasteiger partial charge in [0.15, 0.2) is 11.5 Å². The molecule has 0 aromatic heterocycles. The fraction of sp³-hybridized carbons (Fsp3) is 0.417. The number of carbonyl (C=O) groups excluding carboxylic acids is 1. The Morgan fingerprint density at radius 1 is 1.18 bits per heavy atom. The van der Waals surface area contributed by atoms with Crippen molar-refractivity contribution in [3.05, 3.63) is 17.7 Å². The van der Waals surface area contributed by atoms with Crippen LogP contribution in [-0.4, -0.2) is 33.8 Å². The average molecular weight is 239 g/mol. The Morgan fingerprint density at radius 2 is 1.76 bits per heavy atom. The van der Waals surface area contributed by atoms with Gasteiger partial charge in [-0.3, -0.25) is 4.79 Å². The van der Waals surface area contributed by atoms with E-state index >= 15 is 0 Å². The summed E-state index contributed by atoms with van der Waals surface area (Å²) < 4.78 is 15.1. The number of ether oxygens (including phenoxy) is 3. The molecule has 1 amide bonds. The van der Waals surface area contributed by atoms with E-state index in [0.29, 0.717) is 17.2 Å². The SMILES string of the molecule is COCC(=O)Nc1cc(OC)c(OC)cc1C. The third-order valence-electron chi connectivity index (χ3n) is 2.28. The normalized spacial score (nSPS) is 9.88. The number of methoxy groups -OCH3 is 3. The molecule has 0 aliphatic rings. The van der Waals surface area contributed by atoms with Gasteiger partial charge in [-0.25, -0.2) is 0 Å². The topological polar surface area (TPSA) is 56.8 Å². The number of nitrogens with one attached hydrogen (secondary N) is 1. The highest BCUT2D eigenvalue weighted by atomic mass is 16.5. The van der Waals surface area contributed by atoms with Crippen LogP contribution in [0.2, 0.25) is 0 Å². The van der Waals surface area contributed by atoms with E-state index in [2.05, 4.69) is 5.32 Å². The number of hydrogen-bond donors (Lipinski definition) is 1. The summed E-state index contributed by atoms with van der Waals surface area (Å²) in [5.41, 5.74) is 1.58. The summed E-state index contributed by atoms with van der Waals surface area (Å²) in [5, 5.41) is 2.74. The lowest BCUT2D eigenvalue weighted by molar-refractivity contribution is -0.119. The lowest BCUT2D eigenvalue weighted by Gasteiger charge is -2.13. The van der Waals surface area contributed by atoms with E-state index in [9.17, 15) is 4.79 Å². The van der Waals surface area contributed by atoms with Crippen LogP contribution < -0.4 is 14.8 Å². The molecule has 0 saturated heterocycles. The predicted octanol–water partition coefficient (Wildman–Crippen LogP) is 1.60. The number of amides is 1. The molecule has 1 rings (SSSR count). The molecule has 5 heteroatoms. The summed E-state index contributed by atoms with van der Waals surface area (Å²) in [6, 6.07) is 3.53. The second kappa shape index (κ2) is 6.10. The lowest BCUT2D eigenvalue weighted by Crippen LogP contribution is -2.17. The molecule has 0 radical (unpaired) electrons. The maximum atomic E-state index is 11.4. The first-order valence-corrected chi connectivity index (χ1v) is 5.13. The van der Waals surface area contributed by atoms with Crippen LogP contribution in [0.15, 0.2) is 12.1 Å². The highest BCUT2D eigenvalue weighted by molar-refractivity contribution is 5.92. The zero-order chi connectivity index (χ0) is 12.8.